The fourth-order valence-corrected chi connectivity index (χ4v) is 4.86. The molecule has 0 aliphatic heterocycles. The summed E-state index contributed by atoms with van der Waals surface area (Å²) in [6.07, 6.45) is 2.73. The number of benzene rings is 2. The number of hydrogen-bond donors (Lipinski definition) is 0. The van der Waals surface area contributed by atoms with Crippen molar-refractivity contribution in [3.05, 3.63) is 71.2 Å². The van der Waals surface area contributed by atoms with Gasteiger partial charge in [-0.25, -0.2) is 4.39 Å². The number of likely N-dealkylation sites (N-methyl/N-ethyl adjacent to an activating group) is 1. The van der Waals surface area contributed by atoms with Gasteiger partial charge in [-0.15, -0.1) is 0 Å². The van der Waals surface area contributed by atoms with Crippen molar-refractivity contribution in [2.24, 2.45) is 0 Å². The van der Waals surface area contributed by atoms with Crippen LogP contribution in [0.3, 0.4) is 0 Å². The smallest absolute Gasteiger partial charge is 0.230 e. The summed E-state index contributed by atoms with van der Waals surface area (Å²) in [4.78, 5) is 15.2. The van der Waals surface area contributed by atoms with Gasteiger partial charge in [0.15, 0.2) is 0 Å². The maximum atomic E-state index is 14.2. The van der Waals surface area contributed by atoms with E-state index in [9.17, 15) is 9.18 Å². The van der Waals surface area contributed by atoms with Crippen LogP contribution < -0.4 is 0 Å². The number of nitrogens with zero attached hydrogens (tertiary/aromatic N) is 2. The number of carbonyl (C=O) groups excluding carboxylic acids is 1. The van der Waals surface area contributed by atoms with Crippen LogP contribution in [0.1, 0.15) is 49.4 Å². The zero-order valence-electron chi connectivity index (χ0n) is 18.4. The molecule has 4 rings (SSSR count). The van der Waals surface area contributed by atoms with Crippen molar-refractivity contribution in [1.82, 2.24) is 9.47 Å². The molecule has 1 heterocycles. The van der Waals surface area contributed by atoms with Crippen molar-refractivity contribution in [3.63, 3.8) is 0 Å². The highest BCUT2D eigenvalue weighted by Crippen LogP contribution is 2.40. The molecule has 5 heteroatoms. The number of ether oxygens (including phenoxy) is 1. The van der Waals surface area contributed by atoms with E-state index in [1.807, 2.05) is 55.1 Å². The summed E-state index contributed by atoms with van der Waals surface area (Å²) in [7, 11) is 0. The quantitative estimate of drug-likeness (QED) is 0.463. The molecule has 1 unspecified atom stereocenters. The summed E-state index contributed by atoms with van der Waals surface area (Å²) in [6, 6.07) is 15.0. The third-order valence-electron chi connectivity index (χ3n) is 6.38. The van der Waals surface area contributed by atoms with E-state index < -0.39 is 0 Å². The Bertz CT molecular complexity index is 1040. The Morgan fingerprint density at radius 1 is 1.16 bits per heavy atom. The average Bonchev–Trinajstić information content (AvgIpc) is 3.11. The molecular formula is C26H31FN2O2. The van der Waals surface area contributed by atoms with Crippen LogP contribution in [-0.2, 0) is 29.1 Å². The van der Waals surface area contributed by atoms with Gasteiger partial charge in [-0.2, -0.15) is 0 Å². The molecule has 0 fully saturated rings. The highest BCUT2D eigenvalue weighted by atomic mass is 19.1. The molecule has 1 aliphatic rings. The van der Waals surface area contributed by atoms with Crippen molar-refractivity contribution < 1.29 is 13.9 Å². The first-order valence-corrected chi connectivity index (χ1v) is 11.3. The summed E-state index contributed by atoms with van der Waals surface area (Å²) in [5.41, 5.74) is 4.27. The van der Waals surface area contributed by atoms with Gasteiger partial charge in [-0.05, 0) is 62.4 Å². The first-order chi connectivity index (χ1) is 15.1. The molecule has 1 amide bonds. The number of amides is 1. The van der Waals surface area contributed by atoms with E-state index in [0.717, 1.165) is 41.3 Å². The fourth-order valence-electron chi connectivity index (χ4n) is 4.86. The maximum Gasteiger partial charge on any atom is 0.230 e. The summed E-state index contributed by atoms with van der Waals surface area (Å²) in [6.45, 7) is 7.20. The summed E-state index contributed by atoms with van der Waals surface area (Å²) >= 11 is 0. The predicted octanol–water partition coefficient (Wildman–Crippen LogP) is 5.29. The van der Waals surface area contributed by atoms with Gasteiger partial charge in [0.05, 0.1) is 24.6 Å². The van der Waals surface area contributed by atoms with Gasteiger partial charge in [-0.3, -0.25) is 4.79 Å². The van der Waals surface area contributed by atoms with E-state index in [-0.39, 0.29) is 17.6 Å². The second-order valence-corrected chi connectivity index (χ2v) is 8.17. The number of aromatic nitrogens is 1. The van der Waals surface area contributed by atoms with Crippen LogP contribution in [0, 0.1) is 5.82 Å². The topological polar surface area (TPSA) is 34.5 Å². The van der Waals surface area contributed by atoms with Gasteiger partial charge in [-0.1, -0.05) is 30.3 Å². The Morgan fingerprint density at radius 2 is 1.94 bits per heavy atom. The van der Waals surface area contributed by atoms with Crippen LogP contribution in [0.5, 0.6) is 0 Å². The fraction of sp³-hybridized carbons (Fsp3) is 0.423. The Hall–Kier alpha value is -2.66. The van der Waals surface area contributed by atoms with Crippen molar-refractivity contribution in [2.75, 3.05) is 19.7 Å². The first-order valence-electron chi connectivity index (χ1n) is 11.3. The van der Waals surface area contributed by atoms with Crippen LogP contribution in [0.25, 0.3) is 10.9 Å². The summed E-state index contributed by atoms with van der Waals surface area (Å²) < 4.78 is 22.3. The first kappa shape index (κ1) is 21.6. The molecule has 2 aromatic carbocycles. The molecular weight excluding hydrogens is 391 g/mol. The van der Waals surface area contributed by atoms with Crippen molar-refractivity contribution in [2.45, 2.75) is 52.2 Å². The lowest BCUT2D eigenvalue weighted by Crippen LogP contribution is -2.36. The minimum Gasteiger partial charge on any atom is -0.375 e. The number of rotatable bonds is 8. The minimum absolute atomic E-state index is 0.150. The van der Waals surface area contributed by atoms with Gasteiger partial charge in [0.25, 0.3) is 0 Å². The number of carbonyl (C=O) groups is 1. The Morgan fingerprint density at radius 3 is 2.68 bits per heavy atom. The molecule has 0 bridgehead atoms. The van der Waals surface area contributed by atoms with E-state index in [2.05, 4.69) is 4.57 Å². The van der Waals surface area contributed by atoms with Crippen molar-refractivity contribution >= 4 is 16.8 Å². The molecule has 0 saturated carbocycles. The zero-order chi connectivity index (χ0) is 21.8. The van der Waals surface area contributed by atoms with Gasteiger partial charge < -0.3 is 14.2 Å². The molecule has 0 saturated heterocycles. The molecule has 0 N–H and O–H groups in total. The molecule has 1 atom stereocenters. The molecule has 3 aromatic rings. The molecule has 164 valence electrons. The standard InChI is InChI=1S/C26H31FN2O2/c1-3-28(4-2)26(30)22-11-8-12-23-25(22)21-14-13-20(27)17-24(21)29(23)15-16-31-18-19-9-6-5-7-10-19/h5-7,9-10,13-14,17,22H,3-4,8,11-12,15-16,18H2,1-2H3. The van der Waals surface area contributed by atoms with E-state index >= 15 is 0 Å². The molecule has 0 spiro atoms. The second-order valence-electron chi connectivity index (χ2n) is 8.17. The third-order valence-corrected chi connectivity index (χ3v) is 6.38. The number of fused-ring (bicyclic) bond motifs is 3. The lowest BCUT2D eigenvalue weighted by atomic mass is 9.84. The second kappa shape index (κ2) is 9.65. The van der Waals surface area contributed by atoms with E-state index in [4.69, 9.17) is 4.74 Å². The predicted molar refractivity (Wildman–Crippen MR) is 122 cm³/mol. The van der Waals surface area contributed by atoms with Gasteiger partial charge in [0.1, 0.15) is 5.82 Å². The Balaban J connectivity index is 1.63. The molecule has 0 radical (unpaired) electrons. The van der Waals surface area contributed by atoms with E-state index in [1.165, 1.54) is 11.8 Å². The van der Waals surface area contributed by atoms with Gasteiger partial charge in [0.2, 0.25) is 5.91 Å². The van der Waals surface area contributed by atoms with Crippen LogP contribution in [0.15, 0.2) is 48.5 Å². The largest absolute Gasteiger partial charge is 0.375 e. The zero-order valence-corrected chi connectivity index (χ0v) is 18.4. The Labute approximate surface area is 183 Å². The van der Waals surface area contributed by atoms with E-state index in [0.29, 0.717) is 32.8 Å². The minimum atomic E-state index is -0.250. The monoisotopic (exact) mass is 422 g/mol. The highest BCUT2D eigenvalue weighted by Gasteiger charge is 2.33. The van der Waals surface area contributed by atoms with Crippen molar-refractivity contribution in [3.8, 4) is 0 Å². The SMILES string of the molecule is CCN(CC)C(=O)C1CCCc2c1c1ccc(F)cc1n2CCOCc1ccccc1. The lowest BCUT2D eigenvalue weighted by molar-refractivity contribution is -0.132. The molecule has 1 aromatic heterocycles. The summed E-state index contributed by atoms with van der Waals surface area (Å²) in [5, 5.41) is 1.00. The van der Waals surface area contributed by atoms with Gasteiger partial charge >= 0.3 is 0 Å². The van der Waals surface area contributed by atoms with Crippen LogP contribution in [-0.4, -0.2) is 35.1 Å². The van der Waals surface area contributed by atoms with Crippen molar-refractivity contribution in [1.29, 1.82) is 0 Å². The Kier molecular flexibility index (Phi) is 6.71. The molecule has 4 nitrogen and oxygen atoms in total. The van der Waals surface area contributed by atoms with Crippen LogP contribution >= 0.6 is 0 Å². The lowest BCUT2D eigenvalue weighted by Gasteiger charge is -2.29. The average molecular weight is 423 g/mol. The normalized spacial score (nSPS) is 15.8. The maximum absolute atomic E-state index is 14.2. The number of hydrogen-bond acceptors (Lipinski definition) is 2. The molecule has 31 heavy (non-hydrogen) atoms. The van der Waals surface area contributed by atoms with Crippen LogP contribution in [0.4, 0.5) is 4.39 Å². The number of halogens is 1. The van der Waals surface area contributed by atoms with E-state index in [1.54, 1.807) is 6.07 Å². The summed E-state index contributed by atoms with van der Waals surface area (Å²) in [5.74, 6) is -0.210. The molecule has 1 aliphatic carbocycles. The third kappa shape index (κ3) is 4.38. The van der Waals surface area contributed by atoms with Crippen LogP contribution in [0.2, 0.25) is 0 Å². The highest BCUT2D eigenvalue weighted by molar-refractivity contribution is 5.94. The van der Waals surface area contributed by atoms with Gasteiger partial charge in [0, 0.05) is 30.7 Å².